The molecule has 1 atom stereocenters. The first-order valence-electron chi connectivity index (χ1n) is 14.4. The van der Waals surface area contributed by atoms with Crippen molar-refractivity contribution in [3.63, 3.8) is 0 Å². The molecular formula is C30H34F2N8O3S. The number of rotatable bonds is 12. The number of anilines is 2. The van der Waals surface area contributed by atoms with Crippen LogP contribution in [0.3, 0.4) is 0 Å². The van der Waals surface area contributed by atoms with Crippen LogP contribution in [0, 0.1) is 17.6 Å². The minimum atomic E-state index is -3.80. The largest absolute Gasteiger partial charge is 0.358 e. The Labute approximate surface area is 254 Å². The van der Waals surface area contributed by atoms with E-state index in [1.54, 1.807) is 41.5 Å². The Hall–Kier alpha value is -4.43. The number of hydrogen-bond donors (Lipinski definition) is 4. The van der Waals surface area contributed by atoms with Gasteiger partial charge in [-0.3, -0.25) is 9.36 Å². The van der Waals surface area contributed by atoms with E-state index in [9.17, 15) is 22.0 Å². The van der Waals surface area contributed by atoms with Gasteiger partial charge in [-0.05, 0) is 36.1 Å². The molecule has 14 heteroatoms. The smallest absolute Gasteiger partial charge is 0.242 e. The average Bonchev–Trinajstić information content (AvgIpc) is 3.55. The van der Waals surface area contributed by atoms with Crippen molar-refractivity contribution < 1.29 is 22.0 Å². The predicted octanol–water partition coefficient (Wildman–Crippen LogP) is 4.27. The number of carbonyl (C=O) groups is 1. The Morgan fingerprint density at radius 2 is 1.80 bits per heavy atom. The molecule has 1 amide bonds. The molecule has 232 valence electrons. The first-order chi connectivity index (χ1) is 21.1. The highest BCUT2D eigenvalue weighted by Crippen LogP contribution is 2.28. The Kier molecular flexibility index (Phi) is 9.80. The number of nitrogens with one attached hydrogen (secondary N) is 3. The van der Waals surface area contributed by atoms with E-state index in [1.165, 1.54) is 24.6 Å². The summed E-state index contributed by atoms with van der Waals surface area (Å²) in [7, 11) is -3.80. The summed E-state index contributed by atoms with van der Waals surface area (Å²) in [6.45, 7) is 0.196. The topological polar surface area (TPSA) is 157 Å². The molecule has 0 bridgehead atoms. The molecule has 1 fully saturated rings. The minimum Gasteiger partial charge on any atom is -0.358 e. The maximum Gasteiger partial charge on any atom is 0.242 e. The normalized spacial score (nSPS) is 14.6. The number of nitrogens with zero attached hydrogens (tertiary/aromatic N) is 4. The number of benzene rings is 2. The fraction of sp³-hybridized carbons (Fsp3) is 0.333. The lowest BCUT2D eigenvalue weighted by atomic mass is 9.84. The van der Waals surface area contributed by atoms with Crippen LogP contribution in [-0.4, -0.2) is 39.9 Å². The van der Waals surface area contributed by atoms with E-state index >= 15 is 0 Å². The summed E-state index contributed by atoms with van der Waals surface area (Å²) in [6, 6.07) is 10.4. The molecule has 0 aliphatic heterocycles. The van der Waals surface area contributed by atoms with Gasteiger partial charge < -0.3 is 16.0 Å². The second kappa shape index (κ2) is 13.9. The third kappa shape index (κ3) is 8.35. The van der Waals surface area contributed by atoms with E-state index in [0.29, 0.717) is 24.0 Å². The van der Waals surface area contributed by atoms with Crippen LogP contribution in [0.2, 0.25) is 0 Å². The second-order valence-electron chi connectivity index (χ2n) is 10.8. The maximum absolute atomic E-state index is 14.2. The van der Waals surface area contributed by atoms with Crippen LogP contribution in [-0.2, 0) is 27.9 Å². The number of aromatic nitrogens is 4. The lowest BCUT2D eigenvalue weighted by molar-refractivity contribution is -0.122. The summed E-state index contributed by atoms with van der Waals surface area (Å²) in [5.41, 5.74) is 0.954. The van der Waals surface area contributed by atoms with Gasteiger partial charge in [-0.15, -0.1) is 0 Å². The van der Waals surface area contributed by atoms with Crippen molar-refractivity contribution in [3.8, 4) is 5.82 Å². The third-order valence-corrected chi connectivity index (χ3v) is 8.51. The van der Waals surface area contributed by atoms with Gasteiger partial charge in [0.15, 0.2) is 0 Å². The Morgan fingerprint density at radius 1 is 1.02 bits per heavy atom. The summed E-state index contributed by atoms with van der Waals surface area (Å²) < 4.78 is 52.5. The molecule has 5 N–H and O–H groups in total. The molecule has 0 radical (unpaired) electrons. The van der Waals surface area contributed by atoms with Crippen molar-refractivity contribution in [3.05, 3.63) is 90.0 Å². The van der Waals surface area contributed by atoms with Gasteiger partial charge in [-0.2, -0.15) is 9.97 Å². The van der Waals surface area contributed by atoms with Crippen molar-refractivity contribution in [2.24, 2.45) is 11.1 Å². The highest BCUT2D eigenvalue weighted by Gasteiger charge is 2.25. The molecule has 2 aromatic carbocycles. The summed E-state index contributed by atoms with van der Waals surface area (Å²) >= 11 is 0. The SMILES string of the molecule is NS(=O)(=O)c1ccc(CNc2nc(N[C@H](CC3CCCCC3)C(=O)NCc3ccc(F)cc3F)cc(-n3ccnc3)n2)cc1. The molecule has 2 heterocycles. The van der Waals surface area contributed by atoms with Crippen LogP contribution in [0.5, 0.6) is 0 Å². The molecule has 0 unspecified atom stereocenters. The summed E-state index contributed by atoms with van der Waals surface area (Å²) in [5.74, 6) is -0.250. The Morgan fingerprint density at radius 3 is 2.48 bits per heavy atom. The van der Waals surface area contributed by atoms with Gasteiger partial charge in [0.2, 0.25) is 21.9 Å². The molecule has 1 aliphatic carbocycles. The predicted molar refractivity (Wildman–Crippen MR) is 161 cm³/mol. The molecule has 2 aromatic heterocycles. The highest BCUT2D eigenvalue weighted by molar-refractivity contribution is 7.89. The zero-order valence-corrected chi connectivity index (χ0v) is 24.7. The molecule has 1 aliphatic rings. The van der Waals surface area contributed by atoms with Crippen molar-refractivity contribution in [2.45, 2.75) is 62.6 Å². The van der Waals surface area contributed by atoms with Crippen molar-refractivity contribution in [1.82, 2.24) is 24.8 Å². The first-order valence-corrected chi connectivity index (χ1v) is 15.9. The number of primary sulfonamides is 1. The molecule has 0 saturated heterocycles. The molecule has 5 rings (SSSR count). The number of sulfonamides is 1. The molecule has 4 aromatic rings. The van der Waals surface area contributed by atoms with Crippen LogP contribution in [0.15, 0.2) is 72.1 Å². The van der Waals surface area contributed by atoms with E-state index in [1.807, 2.05) is 0 Å². The molecule has 0 spiro atoms. The van der Waals surface area contributed by atoms with Crippen molar-refractivity contribution in [1.29, 1.82) is 0 Å². The third-order valence-electron chi connectivity index (χ3n) is 7.58. The van der Waals surface area contributed by atoms with E-state index < -0.39 is 27.7 Å². The maximum atomic E-state index is 14.2. The molecular weight excluding hydrogens is 590 g/mol. The van der Waals surface area contributed by atoms with Crippen LogP contribution in [0.1, 0.15) is 49.7 Å². The number of amides is 1. The lowest BCUT2D eigenvalue weighted by Gasteiger charge is -2.27. The van der Waals surface area contributed by atoms with Gasteiger partial charge >= 0.3 is 0 Å². The van der Waals surface area contributed by atoms with Crippen LogP contribution >= 0.6 is 0 Å². The van der Waals surface area contributed by atoms with Crippen LogP contribution < -0.4 is 21.1 Å². The summed E-state index contributed by atoms with van der Waals surface area (Å²) in [4.78, 5) is 26.8. The minimum absolute atomic E-state index is 0.00976. The lowest BCUT2D eigenvalue weighted by Crippen LogP contribution is -2.41. The highest BCUT2D eigenvalue weighted by atomic mass is 32.2. The quantitative estimate of drug-likeness (QED) is 0.182. The molecule has 11 nitrogen and oxygen atoms in total. The average molecular weight is 625 g/mol. The number of hydrogen-bond acceptors (Lipinski definition) is 8. The first kappa shape index (κ1) is 31.0. The van der Waals surface area contributed by atoms with Gasteiger partial charge in [0.1, 0.15) is 35.6 Å². The van der Waals surface area contributed by atoms with Crippen molar-refractivity contribution in [2.75, 3.05) is 10.6 Å². The monoisotopic (exact) mass is 624 g/mol. The van der Waals surface area contributed by atoms with E-state index in [2.05, 4.69) is 30.9 Å². The van der Waals surface area contributed by atoms with Gasteiger partial charge in [0, 0.05) is 43.2 Å². The second-order valence-corrected chi connectivity index (χ2v) is 12.4. The Bertz CT molecular complexity index is 1680. The van der Waals surface area contributed by atoms with Crippen LogP contribution in [0.25, 0.3) is 5.82 Å². The van der Waals surface area contributed by atoms with Gasteiger partial charge in [0.25, 0.3) is 0 Å². The van der Waals surface area contributed by atoms with E-state index in [0.717, 1.165) is 43.4 Å². The number of carbonyl (C=O) groups excluding carboxylic acids is 1. The zero-order valence-electron chi connectivity index (χ0n) is 23.9. The van der Waals surface area contributed by atoms with E-state index in [4.69, 9.17) is 5.14 Å². The van der Waals surface area contributed by atoms with E-state index in [-0.39, 0.29) is 35.4 Å². The molecule has 44 heavy (non-hydrogen) atoms. The van der Waals surface area contributed by atoms with Gasteiger partial charge in [-0.25, -0.2) is 27.3 Å². The van der Waals surface area contributed by atoms with Crippen LogP contribution in [0.4, 0.5) is 20.5 Å². The van der Waals surface area contributed by atoms with Gasteiger partial charge in [-0.1, -0.05) is 50.3 Å². The summed E-state index contributed by atoms with van der Waals surface area (Å²) in [5, 5.41) is 14.4. The van der Waals surface area contributed by atoms with Crippen molar-refractivity contribution >= 4 is 27.7 Å². The fourth-order valence-electron chi connectivity index (χ4n) is 5.23. The molecule has 1 saturated carbocycles. The van der Waals surface area contributed by atoms with Gasteiger partial charge in [0.05, 0.1) is 4.90 Å². The zero-order chi connectivity index (χ0) is 31.1. The number of nitrogens with two attached hydrogens (primary N) is 1. The summed E-state index contributed by atoms with van der Waals surface area (Å²) in [6.07, 6.45) is 10.9. The fourth-order valence-corrected chi connectivity index (χ4v) is 5.74. The number of imidazole rings is 1. The number of halogens is 2. The standard InChI is InChI=1S/C30H34F2N8O3S/c31-23-9-8-22(25(32)15-23)18-35-29(41)26(14-20-4-2-1-3-5-20)37-27-16-28(40-13-12-34-19-40)39-30(38-27)36-17-21-6-10-24(11-7-21)44(33,42)43/h6-13,15-16,19-20,26H,1-5,14,17-18H2,(H,35,41)(H2,33,42,43)(H2,36,37,38,39)/t26-/m1/s1. The Balaban J connectivity index is 1.36.